The van der Waals surface area contributed by atoms with Gasteiger partial charge in [0.2, 0.25) is 5.88 Å². The molecule has 1 heterocycles. The molecule has 0 spiro atoms. The van der Waals surface area contributed by atoms with Gasteiger partial charge in [0.25, 0.3) is 5.91 Å². The van der Waals surface area contributed by atoms with Crippen molar-refractivity contribution in [3.05, 3.63) is 59.4 Å². The number of benzene rings is 2. The SMILES string of the molecule is Cc1ccc(C)c(NC(=O)COc2nc(C)nc3ccccc23)c1. The Bertz CT molecular complexity index is 906. The standard InChI is InChI=1S/C19H19N3O2/c1-12-8-9-13(2)17(10-12)22-18(23)11-24-19-15-6-4-5-7-16(15)20-14(3)21-19/h4-10H,11H2,1-3H3,(H,22,23). The van der Waals surface area contributed by atoms with Crippen molar-refractivity contribution in [2.45, 2.75) is 20.8 Å². The van der Waals surface area contributed by atoms with E-state index in [4.69, 9.17) is 4.74 Å². The molecule has 5 heteroatoms. The van der Waals surface area contributed by atoms with Gasteiger partial charge in [-0.3, -0.25) is 4.79 Å². The lowest BCUT2D eigenvalue weighted by Gasteiger charge is -2.11. The predicted octanol–water partition coefficient (Wildman–Crippen LogP) is 3.57. The molecule has 5 nitrogen and oxygen atoms in total. The van der Waals surface area contributed by atoms with Crippen LogP contribution in [0.1, 0.15) is 17.0 Å². The Morgan fingerprint density at radius 1 is 1.08 bits per heavy atom. The van der Waals surface area contributed by atoms with E-state index < -0.39 is 0 Å². The third kappa shape index (κ3) is 3.51. The summed E-state index contributed by atoms with van der Waals surface area (Å²) in [6.07, 6.45) is 0. The number of hydrogen-bond donors (Lipinski definition) is 1. The Morgan fingerprint density at radius 3 is 2.71 bits per heavy atom. The minimum atomic E-state index is -0.218. The summed E-state index contributed by atoms with van der Waals surface area (Å²) >= 11 is 0. The van der Waals surface area contributed by atoms with Crippen molar-refractivity contribution in [2.75, 3.05) is 11.9 Å². The van der Waals surface area contributed by atoms with Gasteiger partial charge in [0.15, 0.2) is 6.61 Å². The first kappa shape index (κ1) is 15.9. The molecule has 0 atom stereocenters. The molecule has 0 bridgehead atoms. The van der Waals surface area contributed by atoms with Crippen molar-refractivity contribution >= 4 is 22.5 Å². The summed E-state index contributed by atoms with van der Waals surface area (Å²) in [4.78, 5) is 20.9. The van der Waals surface area contributed by atoms with Gasteiger partial charge in [-0.05, 0) is 50.1 Å². The summed E-state index contributed by atoms with van der Waals surface area (Å²) in [5.41, 5.74) is 3.70. The van der Waals surface area contributed by atoms with E-state index in [1.54, 1.807) is 6.92 Å². The van der Waals surface area contributed by atoms with Crippen LogP contribution < -0.4 is 10.1 Å². The van der Waals surface area contributed by atoms with E-state index in [0.29, 0.717) is 11.7 Å². The van der Waals surface area contributed by atoms with Crippen LogP contribution in [0.5, 0.6) is 5.88 Å². The Hall–Kier alpha value is -2.95. The molecule has 0 radical (unpaired) electrons. The zero-order valence-corrected chi connectivity index (χ0v) is 14.0. The van der Waals surface area contributed by atoms with Crippen molar-refractivity contribution in [3.63, 3.8) is 0 Å². The van der Waals surface area contributed by atoms with Gasteiger partial charge < -0.3 is 10.1 Å². The number of fused-ring (bicyclic) bond motifs is 1. The van der Waals surface area contributed by atoms with Gasteiger partial charge in [0, 0.05) is 5.69 Å². The van der Waals surface area contributed by atoms with Gasteiger partial charge >= 0.3 is 0 Å². The van der Waals surface area contributed by atoms with Crippen LogP contribution in [-0.4, -0.2) is 22.5 Å². The van der Waals surface area contributed by atoms with Crippen LogP contribution in [0.3, 0.4) is 0 Å². The molecule has 2 aromatic carbocycles. The average molecular weight is 321 g/mol. The number of aromatic nitrogens is 2. The number of carbonyl (C=O) groups excluding carboxylic acids is 1. The van der Waals surface area contributed by atoms with Crippen molar-refractivity contribution < 1.29 is 9.53 Å². The fourth-order valence-corrected chi connectivity index (χ4v) is 2.46. The smallest absolute Gasteiger partial charge is 0.262 e. The van der Waals surface area contributed by atoms with E-state index in [9.17, 15) is 4.79 Å². The third-order valence-corrected chi connectivity index (χ3v) is 3.69. The number of amides is 1. The van der Waals surface area contributed by atoms with Gasteiger partial charge in [-0.15, -0.1) is 0 Å². The van der Waals surface area contributed by atoms with Crippen LogP contribution in [0, 0.1) is 20.8 Å². The van der Waals surface area contributed by atoms with Gasteiger partial charge in [0.05, 0.1) is 10.9 Å². The quantitative estimate of drug-likeness (QED) is 0.798. The van der Waals surface area contributed by atoms with E-state index in [2.05, 4.69) is 15.3 Å². The summed E-state index contributed by atoms with van der Waals surface area (Å²) in [5, 5.41) is 3.67. The Morgan fingerprint density at radius 2 is 1.88 bits per heavy atom. The summed E-state index contributed by atoms with van der Waals surface area (Å²) in [6, 6.07) is 13.5. The summed E-state index contributed by atoms with van der Waals surface area (Å²) in [5.74, 6) is 0.817. The fraction of sp³-hybridized carbons (Fsp3) is 0.211. The van der Waals surface area contributed by atoms with Gasteiger partial charge in [-0.1, -0.05) is 24.3 Å². The number of rotatable bonds is 4. The second-order valence-corrected chi connectivity index (χ2v) is 5.75. The van der Waals surface area contributed by atoms with Gasteiger partial charge in [-0.25, -0.2) is 4.98 Å². The number of hydrogen-bond acceptors (Lipinski definition) is 4. The molecule has 122 valence electrons. The highest BCUT2D eigenvalue weighted by atomic mass is 16.5. The minimum absolute atomic E-state index is 0.103. The Balaban J connectivity index is 1.74. The summed E-state index contributed by atoms with van der Waals surface area (Å²) in [6.45, 7) is 5.64. The topological polar surface area (TPSA) is 64.1 Å². The molecule has 0 aliphatic rings. The maximum atomic E-state index is 12.2. The van der Waals surface area contributed by atoms with E-state index in [-0.39, 0.29) is 12.5 Å². The maximum Gasteiger partial charge on any atom is 0.262 e. The molecule has 0 unspecified atom stereocenters. The molecule has 24 heavy (non-hydrogen) atoms. The van der Waals surface area contributed by atoms with Gasteiger partial charge in [-0.2, -0.15) is 4.98 Å². The molecule has 0 saturated heterocycles. The highest BCUT2D eigenvalue weighted by Gasteiger charge is 2.10. The first-order chi connectivity index (χ1) is 11.5. The summed E-state index contributed by atoms with van der Waals surface area (Å²) in [7, 11) is 0. The second-order valence-electron chi connectivity index (χ2n) is 5.75. The van der Waals surface area contributed by atoms with E-state index in [1.807, 2.05) is 56.3 Å². The molecular formula is C19H19N3O2. The highest BCUT2D eigenvalue weighted by molar-refractivity contribution is 5.93. The predicted molar refractivity (Wildman–Crippen MR) is 94.3 cm³/mol. The lowest BCUT2D eigenvalue weighted by atomic mass is 10.1. The number of nitrogens with one attached hydrogen (secondary N) is 1. The molecule has 0 aliphatic heterocycles. The van der Waals surface area contributed by atoms with Gasteiger partial charge in [0.1, 0.15) is 5.82 Å². The van der Waals surface area contributed by atoms with Crippen molar-refractivity contribution in [1.29, 1.82) is 0 Å². The lowest BCUT2D eigenvalue weighted by Crippen LogP contribution is -2.21. The number of nitrogens with zero attached hydrogens (tertiary/aromatic N) is 2. The molecule has 0 fully saturated rings. The highest BCUT2D eigenvalue weighted by Crippen LogP contribution is 2.22. The van der Waals surface area contributed by atoms with Crippen molar-refractivity contribution in [2.24, 2.45) is 0 Å². The first-order valence-electron chi connectivity index (χ1n) is 7.76. The number of carbonyl (C=O) groups is 1. The molecule has 1 aromatic heterocycles. The number of aryl methyl sites for hydroxylation is 3. The lowest BCUT2D eigenvalue weighted by molar-refractivity contribution is -0.118. The molecule has 1 N–H and O–H groups in total. The largest absolute Gasteiger partial charge is 0.467 e. The molecule has 0 saturated carbocycles. The average Bonchev–Trinajstić information content (AvgIpc) is 2.56. The second kappa shape index (κ2) is 6.66. The molecule has 3 rings (SSSR count). The zero-order chi connectivity index (χ0) is 17.1. The Labute approximate surface area is 140 Å². The van der Waals surface area contributed by atoms with Crippen molar-refractivity contribution in [1.82, 2.24) is 9.97 Å². The third-order valence-electron chi connectivity index (χ3n) is 3.69. The van der Waals surface area contributed by atoms with Crippen LogP contribution in [0.25, 0.3) is 10.9 Å². The van der Waals surface area contributed by atoms with E-state index >= 15 is 0 Å². The van der Waals surface area contributed by atoms with E-state index in [1.165, 1.54) is 0 Å². The Kier molecular flexibility index (Phi) is 4.42. The minimum Gasteiger partial charge on any atom is -0.467 e. The van der Waals surface area contributed by atoms with Crippen LogP contribution in [0.2, 0.25) is 0 Å². The van der Waals surface area contributed by atoms with Crippen LogP contribution in [0.15, 0.2) is 42.5 Å². The molecule has 0 aliphatic carbocycles. The van der Waals surface area contributed by atoms with Crippen LogP contribution in [-0.2, 0) is 4.79 Å². The number of anilines is 1. The molecule has 3 aromatic rings. The van der Waals surface area contributed by atoms with Crippen LogP contribution in [0.4, 0.5) is 5.69 Å². The first-order valence-corrected chi connectivity index (χ1v) is 7.76. The summed E-state index contributed by atoms with van der Waals surface area (Å²) < 4.78 is 5.64. The van der Waals surface area contributed by atoms with E-state index in [0.717, 1.165) is 27.7 Å². The number of para-hydroxylation sites is 1. The zero-order valence-electron chi connectivity index (χ0n) is 14.0. The van der Waals surface area contributed by atoms with Crippen LogP contribution >= 0.6 is 0 Å². The maximum absolute atomic E-state index is 12.2. The molecule has 1 amide bonds. The van der Waals surface area contributed by atoms with Crippen molar-refractivity contribution in [3.8, 4) is 5.88 Å². The monoisotopic (exact) mass is 321 g/mol. The fourth-order valence-electron chi connectivity index (χ4n) is 2.46. The number of ether oxygens (including phenoxy) is 1. The normalized spacial score (nSPS) is 10.6. The molecular weight excluding hydrogens is 302 g/mol.